The van der Waals surface area contributed by atoms with Crippen LogP contribution in [0.4, 0.5) is 0 Å². The maximum absolute atomic E-state index is 12.7. The first-order valence-corrected chi connectivity index (χ1v) is 13.8. The smallest absolute Gasteiger partial charge is 0.259 e. The summed E-state index contributed by atoms with van der Waals surface area (Å²) in [5.41, 5.74) is 0.523. The minimum absolute atomic E-state index is 0.0373. The van der Waals surface area contributed by atoms with Crippen molar-refractivity contribution in [2.75, 3.05) is 0 Å². The lowest BCUT2D eigenvalue weighted by Gasteiger charge is -2.25. The first kappa shape index (κ1) is 22.5. The second-order valence-electron chi connectivity index (χ2n) is 8.41. The Kier molecular flexibility index (Phi) is 6.49. The molecule has 0 saturated heterocycles. The van der Waals surface area contributed by atoms with Crippen LogP contribution in [0.1, 0.15) is 76.8 Å². The monoisotopic (exact) mass is 499 g/mol. The van der Waals surface area contributed by atoms with E-state index in [4.69, 9.17) is 0 Å². The highest BCUT2D eigenvalue weighted by Gasteiger charge is 2.24. The first-order chi connectivity index (χ1) is 16.0. The topological polar surface area (TPSA) is 93.5 Å². The highest BCUT2D eigenvalue weighted by molar-refractivity contribution is 7.98. The van der Waals surface area contributed by atoms with E-state index < -0.39 is 0 Å². The number of hydrogen-bond acceptors (Lipinski definition) is 8. The summed E-state index contributed by atoms with van der Waals surface area (Å²) in [5.74, 6) is 2.04. The van der Waals surface area contributed by atoms with Gasteiger partial charge < -0.3 is 9.55 Å². The molecule has 0 bridgehead atoms. The van der Waals surface area contributed by atoms with E-state index in [9.17, 15) is 9.59 Å². The predicted octanol–water partition coefficient (Wildman–Crippen LogP) is 5.54. The number of aromatic nitrogens is 5. The molecule has 172 valence electrons. The fraction of sp³-hybridized carbons (Fsp3) is 0.435. The Balaban J connectivity index is 1.43. The third kappa shape index (κ3) is 4.56. The Morgan fingerprint density at radius 1 is 1.27 bits per heavy atom. The van der Waals surface area contributed by atoms with Gasteiger partial charge in [-0.3, -0.25) is 9.59 Å². The van der Waals surface area contributed by atoms with Crippen molar-refractivity contribution in [3.63, 3.8) is 0 Å². The van der Waals surface area contributed by atoms with Crippen LogP contribution in [0.5, 0.6) is 0 Å². The SMILES string of the molecule is CC(=O)c1sc2nc(CSc3nnc(Cc4cccs4)n3C3CCCCC3)[nH]c(=O)c2c1C. The van der Waals surface area contributed by atoms with Gasteiger partial charge in [0.2, 0.25) is 0 Å². The number of aryl methyl sites for hydroxylation is 1. The fourth-order valence-electron chi connectivity index (χ4n) is 4.53. The molecule has 4 heterocycles. The number of thioether (sulfide) groups is 1. The molecule has 1 fully saturated rings. The molecule has 5 rings (SSSR count). The Bertz CT molecular complexity index is 1350. The average Bonchev–Trinajstić information content (AvgIpc) is 3.53. The molecule has 1 saturated carbocycles. The summed E-state index contributed by atoms with van der Waals surface area (Å²) >= 11 is 4.59. The van der Waals surface area contributed by atoms with Gasteiger partial charge in [0, 0.05) is 17.3 Å². The minimum Gasteiger partial charge on any atom is -0.309 e. The van der Waals surface area contributed by atoms with Crippen molar-refractivity contribution in [2.45, 2.75) is 69.3 Å². The predicted molar refractivity (Wildman–Crippen MR) is 134 cm³/mol. The highest BCUT2D eigenvalue weighted by Crippen LogP contribution is 2.34. The summed E-state index contributed by atoms with van der Waals surface area (Å²) in [6.45, 7) is 3.33. The summed E-state index contributed by atoms with van der Waals surface area (Å²) in [6.07, 6.45) is 6.82. The van der Waals surface area contributed by atoms with Crippen LogP contribution in [-0.2, 0) is 12.2 Å². The van der Waals surface area contributed by atoms with Crippen LogP contribution in [0.3, 0.4) is 0 Å². The summed E-state index contributed by atoms with van der Waals surface area (Å²) in [6, 6.07) is 4.62. The number of rotatable bonds is 7. The van der Waals surface area contributed by atoms with Crippen molar-refractivity contribution in [3.05, 3.63) is 54.8 Å². The highest BCUT2D eigenvalue weighted by atomic mass is 32.2. The summed E-state index contributed by atoms with van der Waals surface area (Å²) in [5, 5.41) is 12.6. The number of thiophene rings is 2. The van der Waals surface area contributed by atoms with Crippen molar-refractivity contribution in [1.82, 2.24) is 24.7 Å². The van der Waals surface area contributed by atoms with E-state index in [0.29, 0.717) is 38.3 Å². The molecule has 1 aliphatic rings. The zero-order valence-corrected chi connectivity index (χ0v) is 21.0. The van der Waals surface area contributed by atoms with Crippen LogP contribution in [0.25, 0.3) is 10.2 Å². The number of H-pyrrole nitrogens is 1. The number of ketones is 1. The minimum atomic E-state index is -0.191. The number of aromatic amines is 1. The molecule has 0 unspecified atom stereocenters. The number of Topliss-reactive ketones (excluding diaryl/α,β-unsaturated/α-hetero) is 1. The van der Waals surface area contributed by atoms with Gasteiger partial charge in [-0.2, -0.15) is 0 Å². The molecule has 1 N–H and O–H groups in total. The fourth-order valence-corrected chi connectivity index (χ4v) is 7.22. The normalized spacial score (nSPS) is 14.8. The molecular weight excluding hydrogens is 474 g/mol. The average molecular weight is 500 g/mol. The van der Waals surface area contributed by atoms with Gasteiger partial charge in [0.1, 0.15) is 16.5 Å². The molecule has 10 heteroatoms. The van der Waals surface area contributed by atoms with E-state index in [1.165, 1.54) is 42.4 Å². The zero-order valence-electron chi connectivity index (χ0n) is 18.6. The van der Waals surface area contributed by atoms with E-state index >= 15 is 0 Å². The van der Waals surface area contributed by atoms with Gasteiger partial charge in [-0.15, -0.1) is 32.9 Å². The van der Waals surface area contributed by atoms with Crippen molar-refractivity contribution in [3.8, 4) is 0 Å². The summed E-state index contributed by atoms with van der Waals surface area (Å²) in [4.78, 5) is 34.7. The van der Waals surface area contributed by atoms with Gasteiger partial charge in [0.15, 0.2) is 10.9 Å². The first-order valence-electron chi connectivity index (χ1n) is 11.1. The molecule has 1 aliphatic carbocycles. The van der Waals surface area contributed by atoms with Crippen LogP contribution in [0, 0.1) is 6.92 Å². The van der Waals surface area contributed by atoms with Gasteiger partial charge >= 0.3 is 0 Å². The molecule has 0 aromatic carbocycles. The van der Waals surface area contributed by atoms with E-state index in [0.717, 1.165) is 30.2 Å². The number of nitrogens with one attached hydrogen (secondary N) is 1. The van der Waals surface area contributed by atoms with Crippen LogP contribution >= 0.6 is 34.4 Å². The molecule has 4 aromatic heterocycles. The molecule has 7 nitrogen and oxygen atoms in total. The van der Waals surface area contributed by atoms with Crippen molar-refractivity contribution in [1.29, 1.82) is 0 Å². The van der Waals surface area contributed by atoms with Crippen molar-refractivity contribution < 1.29 is 4.79 Å². The quantitative estimate of drug-likeness (QED) is 0.265. The second-order valence-corrected chi connectivity index (χ2v) is 11.4. The molecule has 0 amide bonds. The molecule has 0 aliphatic heterocycles. The molecular formula is C23H25N5O2S3. The Hall–Kier alpha value is -2.30. The third-order valence-corrected chi connectivity index (χ3v) is 9.21. The lowest BCUT2D eigenvalue weighted by molar-refractivity contribution is 0.102. The van der Waals surface area contributed by atoms with E-state index in [-0.39, 0.29) is 11.3 Å². The zero-order chi connectivity index (χ0) is 22.9. The van der Waals surface area contributed by atoms with Crippen molar-refractivity contribution >= 4 is 50.4 Å². The van der Waals surface area contributed by atoms with Gasteiger partial charge in [0.25, 0.3) is 5.56 Å². The molecule has 0 spiro atoms. The second kappa shape index (κ2) is 9.52. The lowest BCUT2D eigenvalue weighted by atomic mass is 9.95. The molecule has 0 radical (unpaired) electrons. The maximum Gasteiger partial charge on any atom is 0.259 e. The lowest BCUT2D eigenvalue weighted by Crippen LogP contribution is -2.17. The Morgan fingerprint density at radius 3 is 2.82 bits per heavy atom. The summed E-state index contributed by atoms with van der Waals surface area (Å²) < 4.78 is 2.32. The maximum atomic E-state index is 12.7. The van der Waals surface area contributed by atoms with E-state index in [1.807, 2.05) is 6.92 Å². The van der Waals surface area contributed by atoms with Gasteiger partial charge in [-0.05, 0) is 43.7 Å². The molecule has 0 atom stereocenters. The standard InChI is InChI=1S/C23H25N5O2S3/c1-13-19-21(30)24-17(25-22(19)33-20(13)14(2)29)12-32-23-27-26-18(11-16-9-6-10-31-16)28(23)15-7-4-3-5-8-15/h6,9-10,15H,3-5,7-8,11-12H2,1-2H3,(H,24,25,30). The summed E-state index contributed by atoms with van der Waals surface area (Å²) in [7, 11) is 0. The Morgan fingerprint density at radius 2 is 2.09 bits per heavy atom. The van der Waals surface area contributed by atoms with Gasteiger partial charge in [0.05, 0.1) is 16.0 Å². The number of nitrogens with zero attached hydrogens (tertiary/aromatic N) is 4. The van der Waals surface area contributed by atoms with E-state index in [1.54, 1.807) is 23.1 Å². The van der Waals surface area contributed by atoms with Gasteiger partial charge in [-0.25, -0.2) is 4.98 Å². The van der Waals surface area contributed by atoms with Gasteiger partial charge in [-0.1, -0.05) is 37.1 Å². The van der Waals surface area contributed by atoms with Crippen LogP contribution < -0.4 is 5.56 Å². The molecule has 4 aromatic rings. The van der Waals surface area contributed by atoms with Crippen LogP contribution in [0.15, 0.2) is 27.5 Å². The number of hydrogen-bond donors (Lipinski definition) is 1. The van der Waals surface area contributed by atoms with Crippen LogP contribution in [-0.4, -0.2) is 30.5 Å². The number of carbonyl (C=O) groups is 1. The molecule has 33 heavy (non-hydrogen) atoms. The van der Waals surface area contributed by atoms with Crippen molar-refractivity contribution in [2.24, 2.45) is 0 Å². The third-order valence-electron chi connectivity index (χ3n) is 6.09. The largest absolute Gasteiger partial charge is 0.309 e. The number of fused-ring (bicyclic) bond motifs is 1. The van der Waals surface area contributed by atoms with E-state index in [2.05, 4.69) is 42.2 Å². The Labute approximate surface area is 203 Å². The number of carbonyl (C=O) groups excluding carboxylic acids is 1. The van der Waals surface area contributed by atoms with Crippen LogP contribution in [0.2, 0.25) is 0 Å².